The molecule has 2 aromatic rings. The molecule has 0 unspecified atom stereocenters. The maximum Gasteiger partial charge on any atom is 0.329 e. The predicted octanol–water partition coefficient (Wildman–Crippen LogP) is 3.11. The molecule has 5 N–H and O–H groups in total. The van der Waals surface area contributed by atoms with Crippen molar-refractivity contribution >= 4 is 39.3 Å². The second kappa shape index (κ2) is 11.2. The van der Waals surface area contributed by atoms with Crippen LogP contribution in [-0.4, -0.2) is 39.9 Å². The molecule has 11 heteroatoms. The SMILES string of the molecule is Cc1c(Br)cccc1CNc1ncc([N+](=O)[O-])c(NC[C@H]2CC[C@H](NC(=O)CN)CC2)n1. The Morgan fingerprint density at radius 3 is 2.72 bits per heavy atom. The molecule has 10 nitrogen and oxygen atoms in total. The number of carbonyl (C=O) groups is 1. The zero-order chi connectivity index (χ0) is 23.1. The third kappa shape index (κ3) is 6.36. The fraction of sp³-hybridized carbons (Fsp3) is 0.476. The van der Waals surface area contributed by atoms with E-state index in [9.17, 15) is 14.9 Å². The molecule has 0 saturated heterocycles. The average molecular weight is 506 g/mol. The third-order valence-corrected chi connectivity index (χ3v) is 6.60. The van der Waals surface area contributed by atoms with Crippen molar-refractivity contribution in [1.29, 1.82) is 0 Å². The van der Waals surface area contributed by atoms with Crippen LogP contribution in [0.4, 0.5) is 17.5 Å². The molecule has 1 fully saturated rings. The summed E-state index contributed by atoms with van der Waals surface area (Å²) in [6.45, 7) is 3.08. The van der Waals surface area contributed by atoms with Gasteiger partial charge >= 0.3 is 5.69 Å². The summed E-state index contributed by atoms with van der Waals surface area (Å²) < 4.78 is 1.01. The Bertz CT molecular complexity index is 964. The van der Waals surface area contributed by atoms with Crippen LogP contribution in [0.25, 0.3) is 0 Å². The first-order valence-electron chi connectivity index (χ1n) is 10.6. The molecule has 0 aliphatic heterocycles. The number of halogens is 1. The monoisotopic (exact) mass is 505 g/mol. The minimum atomic E-state index is -0.482. The molecule has 32 heavy (non-hydrogen) atoms. The molecular formula is C21H28BrN7O3. The van der Waals surface area contributed by atoms with E-state index in [0.717, 1.165) is 41.3 Å². The highest BCUT2D eigenvalue weighted by atomic mass is 79.9. The first-order chi connectivity index (χ1) is 15.4. The normalized spacial score (nSPS) is 18.1. The van der Waals surface area contributed by atoms with E-state index in [1.807, 2.05) is 25.1 Å². The van der Waals surface area contributed by atoms with Gasteiger partial charge in [0.15, 0.2) is 0 Å². The van der Waals surface area contributed by atoms with Gasteiger partial charge in [0.2, 0.25) is 17.7 Å². The number of hydrogen-bond acceptors (Lipinski definition) is 8. The first kappa shape index (κ1) is 23.9. The minimum Gasteiger partial charge on any atom is -0.364 e. The van der Waals surface area contributed by atoms with E-state index in [1.165, 1.54) is 6.20 Å². The van der Waals surface area contributed by atoms with Gasteiger partial charge in [-0.15, -0.1) is 0 Å². The number of hydrogen-bond donors (Lipinski definition) is 4. The first-order valence-corrected chi connectivity index (χ1v) is 11.4. The number of nitro groups is 1. The zero-order valence-corrected chi connectivity index (χ0v) is 19.5. The van der Waals surface area contributed by atoms with Crippen molar-refractivity contribution in [3.63, 3.8) is 0 Å². The van der Waals surface area contributed by atoms with Gasteiger partial charge in [-0.3, -0.25) is 14.9 Å². The second-order valence-corrected chi connectivity index (χ2v) is 8.79. The summed E-state index contributed by atoms with van der Waals surface area (Å²) in [5, 5.41) is 20.6. The van der Waals surface area contributed by atoms with Crippen molar-refractivity contribution in [2.75, 3.05) is 23.7 Å². The standard InChI is InChI=1S/C21H28BrN7O3/c1-13-15(3-2-4-17(13)22)11-25-21-26-12-18(29(31)32)20(28-21)24-10-14-5-7-16(8-6-14)27-19(30)9-23/h2-4,12,14,16H,5-11,23H2,1H3,(H,27,30)(H2,24,25,26,28)/t14-,16-. The summed E-state index contributed by atoms with van der Waals surface area (Å²) in [6, 6.07) is 6.08. The van der Waals surface area contributed by atoms with Crippen LogP contribution in [0.15, 0.2) is 28.9 Å². The van der Waals surface area contributed by atoms with Gasteiger partial charge in [0.25, 0.3) is 0 Å². The van der Waals surface area contributed by atoms with Crippen LogP contribution in [-0.2, 0) is 11.3 Å². The summed E-state index contributed by atoms with van der Waals surface area (Å²) in [5.74, 6) is 0.736. The van der Waals surface area contributed by atoms with Gasteiger partial charge in [-0.05, 0) is 55.7 Å². The van der Waals surface area contributed by atoms with Crippen LogP contribution in [0.2, 0.25) is 0 Å². The maximum atomic E-state index is 11.4. The number of nitrogens with zero attached hydrogens (tertiary/aromatic N) is 3. The van der Waals surface area contributed by atoms with Gasteiger partial charge < -0.3 is 21.7 Å². The van der Waals surface area contributed by atoms with Crippen LogP contribution in [0.1, 0.15) is 36.8 Å². The molecule has 1 aromatic heterocycles. The molecule has 172 valence electrons. The van der Waals surface area contributed by atoms with Gasteiger partial charge in [0.1, 0.15) is 6.20 Å². The Hall–Kier alpha value is -2.79. The average Bonchev–Trinajstić information content (AvgIpc) is 2.79. The summed E-state index contributed by atoms with van der Waals surface area (Å²) >= 11 is 3.52. The molecule has 1 heterocycles. The van der Waals surface area contributed by atoms with Crippen molar-refractivity contribution in [1.82, 2.24) is 15.3 Å². The molecule has 1 aromatic carbocycles. The number of amides is 1. The number of nitrogens with one attached hydrogen (secondary N) is 3. The lowest BCUT2D eigenvalue weighted by molar-refractivity contribution is -0.384. The Morgan fingerprint density at radius 2 is 2.03 bits per heavy atom. The lowest BCUT2D eigenvalue weighted by atomic mass is 9.86. The van der Waals surface area contributed by atoms with Crippen LogP contribution in [0.3, 0.4) is 0 Å². The smallest absolute Gasteiger partial charge is 0.329 e. The van der Waals surface area contributed by atoms with Crippen molar-refractivity contribution in [3.8, 4) is 0 Å². The number of anilines is 2. The topological polar surface area (TPSA) is 148 Å². The minimum absolute atomic E-state index is 0.00362. The molecule has 1 aliphatic rings. The highest BCUT2D eigenvalue weighted by molar-refractivity contribution is 9.10. The zero-order valence-electron chi connectivity index (χ0n) is 17.9. The molecule has 0 atom stereocenters. The molecule has 1 saturated carbocycles. The highest BCUT2D eigenvalue weighted by Crippen LogP contribution is 2.27. The molecule has 0 radical (unpaired) electrons. The van der Waals surface area contributed by atoms with Gasteiger partial charge in [0.05, 0.1) is 11.5 Å². The van der Waals surface area contributed by atoms with Gasteiger partial charge in [0, 0.05) is 23.6 Å². The number of aromatic nitrogens is 2. The van der Waals surface area contributed by atoms with Gasteiger partial charge in [-0.25, -0.2) is 4.98 Å². The van der Waals surface area contributed by atoms with Crippen LogP contribution in [0, 0.1) is 23.0 Å². The summed E-state index contributed by atoms with van der Waals surface area (Å²) in [4.78, 5) is 30.9. The van der Waals surface area contributed by atoms with Gasteiger partial charge in [-0.2, -0.15) is 4.98 Å². The van der Waals surface area contributed by atoms with Crippen LogP contribution < -0.4 is 21.7 Å². The fourth-order valence-corrected chi connectivity index (χ4v) is 4.19. The molecule has 0 spiro atoms. The van der Waals surface area contributed by atoms with E-state index >= 15 is 0 Å². The Kier molecular flexibility index (Phi) is 8.34. The number of nitrogens with two attached hydrogens (primary N) is 1. The molecular weight excluding hydrogens is 478 g/mol. The van der Waals surface area contributed by atoms with Crippen molar-refractivity contribution in [2.24, 2.45) is 11.7 Å². The Labute approximate surface area is 195 Å². The maximum absolute atomic E-state index is 11.4. The number of carbonyl (C=O) groups excluding carboxylic acids is 1. The Morgan fingerprint density at radius 1 is 1.28 bits per heavy atom. The second-order valence-electron chi connectivity index (χ2n) is 7.93. The van der Waals surface area contributed by atoms with Gasteiger partial charge in [-0.1, -0.05) is 28.1 Å². The third-order valence-electron chi connectivity index (χ3n) is 5.74. The van der Waals surface area contributed by atoms with E-state index in [4.69, 9.17) is 5.73 Å². The summed E-state index contributed by atoms with van der Waals surface area (Å²) in [5.41, 5.74) is 7.38. The van der Waals surface area contributed by atoms with Crippen molar-refractivity contribution < 1.29 is 9.72 Å². The largest absolute Gasteiger partial charge is 0.364 e. The fourth-order valence-electron chi connectivity index (χ4n) is 3.78. The van der Waals surface area contributed by atoms with E-state index in [0.29, 0.717) is 25.0 Å². The summed E-state index contributed by atoms with van der Waals surface area (Å²) in [6.07, 6.45) is 4.78. The van der Waals surface area contributed by atoms with E-state index in [1.54, 1.807) is 0 Å². The molecule has 0 bridgehead atoms. The summed E-state index contributed by atoms with van der Waals surface area (Å²) in [7, 11) is 0. The van der Waals surface area contributed by atoms with Crippen LogP contribution >= 0.6 is 15.9 Å². The van der Waals surface area contributed by atoms with Crippen molar-refractivity contribution in [3.05, 3.63) is 50.1 Å². The van der Waals surface area contributed by atoms with E-state index in [-0.39, 0.29) is 30.0 Å². The molecule has 3 rings (SSSR count). The number of benzene rings is 1. The molecule has 1 aliphatic carbocycles. The lowest BCUT2D eigenvalue weighted by Crippen LogP contribution is -2.41. The quantitative estimate of drug-likeness (QED) is 0.300. The molecule has 1 amide bonds. The van der Waals surface area contributed by atoms with E-state index in [2.05, 4.69) is 41.8 Å². The van der Waals surface area contributed by atoms with Crippen LogP contribution in [0.5, 0.6) is 0 Å². The number of rotatable bonds is 9. The van der Waals surface area contributed by atoms with Crippen molar-refractivity contribution in [2.45, 2.75) is 45.2 Å². The Balaban J connectivity index is 1.60. The lowest BCUT2D eigenvalue weighted by Gasteiger charge is -2.29. The highest BCUT2D eigenvalue weighted by Gasteiger charge is 2.24. The predicted molar refractivity (Wildman–Crippen MR) is 126 cm³/mol. The van der Waals surface area contributed by atoms with E-state index < -0.39 is 4.92 Å².